The van der Waals surface area contributed by atoms with Gasteiger partial charge in [0.25, 0.3) is 0 Å². The molecule has 2 aliphatic carbocycles. The number of fused-ring (bicyclic) bond motifs is 2. The minimum atomic E-state index is -2.14. The second-order valence-electron chi connectivity index (χ2n) is 6.37. The maximum atomic E-state index is 13.0. The van der Waals surface area contributed by atoms with Crippen molar-refractivity contribution in [2.24, 2.45) is 11.8 Å². The van der Waals surface area contributed by atoms with E-state index < -0.39 is 37.8 Å². The first-order valence-electron chi connectivity index (χ1n) is 8.03. The Morgan fingerprint density at radius 3 is 2.00 bits per heavy atom. The molecule has 1 saturated carbocycles. The second-order valence-corrected chi connectivity index (χ2v) is 9.64. The number of halogens is 6. The highest BCUT2D eigenvalue weighted by atomic mass is 35.5. The van der Waals surface area contributed by atoms with Gasteiger partial charge in [-0.25, -0.2) is 0 Å². The number of carboxylic acid groups (broad SMARTS) is 1. The van der Waals surface area contributed by atoms with Crippen molar-refractivity contribution in [1.29, 1.82) is 0 Å². The number of nitrogens with one attached hydrogen (secondary N) is 1. The highest BCUT2D eigenvalue weighted by Crippen LogP contribution is 2.76. The van der Waals surface area contributed by atoms with Gasteiger partial charge in [-0.05, 0) is 31.2 Å². The summed E-state index contributed by atoms with van der Waals surface area (Å²) in [6.07, 6.45) is 0. The number of ether oxygens (including phenoxy) is 1. The number of carbonyl (C=O) groups excluding carboxylic acids is 1. The van der Waals surface area contributed by atoms with Crippen LogP contribution in [-0.2, 0) is 9.59 Å². The molecule has 28 heavy (non-hydrogen) atoms. The highest BCUT2D eigenvalue weighted by Gasteiger charge is 2.85. The van der Waals surface area contributed by atoms with Crippen LogP contribution in [0.15, 0.2) is 34.3 Å². The Balaban J connectivity index is 2.00. The van der Waals surface area contributed by atoms with Gasteiger partial charge in [-0.3, -0.25) is 9.59 Å². The van der Waals surface area contributed by atoms with Crippen molar-refractivity contribution in [2.45, 2.75) is 21.0 Å². The van der Waals surface area contributed by atoms with E-state index in [9.17, 15) is 14.7 Å². The Bertz CT molecular complexity index is 873. The molecular weight excluding hydrogens is 495 g/mol. The van der Waals surface area contributed by atoms with Crippen LogP contribution in [0, 0.1) is 11.8 Å². The summed E-state index contributed by atoms with van der Waals surface area (Å²) in [6, 6.07) is 6.46. The number of anilines is 1. The fraction of sp³-hybridized carbons (Fsp3) is 0.412. The van der Waals surface area contributed by atoms with Gasteiger partial charge in [0.15, 0.2) is 4.33 Å². The number of carboxylic acids is 1. The first-order chi connectivity index (χ1) is 12.9. The molecule has 1 fully saturated rings. The Hall–Kier alpha value is -0.560. The summed E-state index contributed by atoms with van der Waals surface area (Å²) in [4.78, 5) is 20.9. The minimum Gasteiger partial charge on any atom is -0.494 e. The van der Waals surface area contributed by atoms with Gasteiger partial charge in [-0.1, -0.05) is 46.4 Å². The summed E-state index contributed by atoms with van der Waals surface area (Å²) in [6.45, 7) is 2.32. The summed E-state index contributed by atoms with van der Waals surface area (Å²) in [5.41, 5.74) is 0.380. The molecule has 1 aromatic carbocycles. The predicted molar refractivity (Wildman–Crippen MR) is 111 cm³/mol. The maximum absolute atomic E-state index is 13.0. The van der Waals surface area contributed by atoms with Crippen molar-refractivity contribution < 1.29 is 19.4 Å². The van der Waals surface area contributed by atoms with Crippen molar-refractivity contribution in [3.05, 3.63) is 34.3 Å². The zero-order valence-electron chi connectivity index (χ0n) is 14.1. The fourth-order valence-electron chi connectivity index (χ4n) is 3.65. The van der Waals surface area contributed by atoms with E-state index in [0.717, 1.165) is 0 Å². The van der Waals surface area contributed by atoms with Crippen LogP contribution in [0.4, 0.5) is 5.69 Å². The van der Waals surface area contributed by atoms with Crippen LogP contribution in [0.5, 0.6) is 5.75 Å². The number of carbonyl (C=O) groups is 2. The molecule has 0 radical (unpaired) electrons. The van der Waals surface area contributed by atoms with Gasteiger partial charge in [0.1, 0.15) is 15.5 Å². The van der Waals surface area contributed by atoms with Gasteiger partial charge in [0, 0.05) is 5.69 Å². The average Bonchev–Trinajstić information content (AvgIpc) is 2.83. The first kappa shape index (κ1) is 22.1. The lowest BCUT2D eigenvalue weighted by Gasteiger charge is -2.33. The van der Waals surface area contributed by atoms with Gasteiger partial charge in [0.2, 0.25) is 5.91 Å². The molecule has 2 N–H and O–H groups in total. The molecule has 0 heterocycles. The molecule has 0 saturated heterocycles. The summed E-state index contributed by atoms with van der Waals surface area (Å²) in [5, 5.41) is 11.8. The van der Waals surface area contributed by atoms with Crippen LogP contribution in [0.3, 0.4) is 0 Å². The molecule has 0 aliphatic heterocycles. The van der Waals surface area contributed by atoms with Crippen molar-refractivity contribution >= 4 is 87.2 Å². The maximum Gasteiger partial charge on any atom is 0.309 e. The van der Waals surface area contributed by atoms with Crippen LogP contribution >= 0.6 is 69.6 Å². The summed E-state index contributed by atoms with van der Waals surface area (Å²) in [7, 11) is 0. The zero-order valence-corrected chi connectivity index (χ0v) is 18.6. The molecule has 0 aromatic heterocycles. The number of alkyl halides is 4. The molecule has 1 aromatic rings. The molecule has 0 unspecified atom stereocenters. The van der Waals surface area contributed by atoms with E-state index in [0.29, 0.717) is 18.0 Å². The summed E-state index contributed by atoms with van der Waals surface area (Å²) < 4.78 is 3.20. The van der Waals surface area contributed by atoms with E-state index >= 15 is 0 Å². The molecule has 2 bridgehead atoms. The van der Waals surface area contributed by atoms with Crippen molar-refractivity contribution in [3.63, 3.8) is 0 Å². The third kappa shape index (κ3) is 2.74. The number of amides is 1. The van der Waals surface area contributed by atoms with E-state index in [2.05, 4.69) is 5.32 Å². The Kier molecular flexibility index (Phi) is 5.76. The van der Waals surface area contributed by atoms with E-state index in [1.165, 1.54) is 0 Å². The molecule has 1 amide bonds. The van der Waals surface area contributed by atoms with Gasteiger partial charge < -0.3 is 15.2 Å². The largest absolute Gasteiger partial charge is 0.494 e. The third-order valence-corrected chi connectivity index (χ3v) is 9.18. The fourth-order valence-corrected chi connectivity index (χ4v) is 6.58. The van der Waals surface area contributed by atoms with Crippen molar-refractivity contribution in [3.8, 4) is 5.75 Å². The first-order valence-corrected chi connectivity index (χ1v) is 10.3. The lowest BCUT2D eigenvalue weighted by molar-refractivity contribution is -0.146. The molecule has 2 aliphatic rings. The number of rotatable bonds is 5. The van der Waals surface area contributed by atoms with Crippen LogP contribution in [-0.4, -0.2) is 37.7 Å². The van der Waals surface area contributed by atoms with Crippen molar-refractivity contribution in [1.82, 2.24) is 0 Å². The number of allylic oxidation sites excluding steroid dienone is 2. The average molecular weight is 508 g/mol. The number of hydrogen-bond acceptors (Lipinski definition) is 3. The predicted octanol–water partition coefficient (Wildman–Crippen LogP) is 5.19. The minimum absolute atomic E-state index is 0.250. The third-order valence-electron chi connectivity index (χ3n) is 4.92. The molecule has 3 rings (SSSR count). The molecular formula is C17H13Cl6NO4. The monoisotopic (exact) mass is 505 g/mol. The lowest BCUT2D eigenvalue weighted by atomic mass is 9.81. The zero-order chi connectivity index (χ0) is 21.1. The molecule has 5 nitrogen and oxygen atoms in total. The van der Waals surface area contributed by atoms with E-state index in [1.807, 2.05) is 6.92 Å². The van der Waals surface area contributed by atoms with Crippen LogP contribution in [0.25, 0.3) is 0 Å². The van der Waals surface area contributed by atoms with E-state index in [1.54, 1.807) is 24.3 Å². The van der Waals surface area contributed by atoms with E-state index in [4.69, 9.17) is 74.3 Å². The number of benzene rings is 1. The van der Waals surface area contributed by atoms with E-state index in [-0.39, 0.29) is 10.1 Å². The summed E-state index contributed by atoms with van der Waals surface area (Å²) in [5.74, 6) is -4.69. The smallest absolute Gasteiger partial charge is 0.309 e. The molecule has 11 heteroatoms. The Morgan fingerprint density at radius 1 is 1.04 bits per heavy atom. The Morgan fingerprint density at radius 2 is 1.54 bits per heavy atom. The molecule has 0 spiro atoms. The number of aliphatic carboxylic acids is 1. The molecule has 4 atom stereocenters. The van der Waals surface area contributed by atoms with Gasteiger partial charge in [-0.15, -0.1) is 23.2 Å². The highest BCUT2D eigenvalue weighted by molar-refractivity contribution is 6.66. The summed E-state index contributed by atoms with van der Waals surface area (Å²) >= 11 is 38.2. The topological polar surface area (TPSA) is 75.6 Å². The van der Waals surface area contributed by atoms with Gasteiger partial charge in [-0.2, -0.15) is 0 Å². The van der Waals surface area contributed by atoms with Gasteiger partial charge >= 0.3 is 5.97 Å². The normalized spacial score (nSPS) is 33.1. The Labute approximate surface area is 190 Å². The number of hydrogen-bond donors (Lipinski definition) is 2. The van der Waals surface area contributed by atoms with Gasteiger partial charge in [0.05, 0.1) is 28.5 Å². The molecule has 152 valence electrons. The quantitative estimate of drug-likeness (QED) is 0.538. The standard InChI is InChI=1S/C17H13Cl6NO4/c1-2-28-8-5-3-7(4-6-8)24-13(25)9-10(14(26)27)16(21)12(19)11(18)15(9,20)17(16,22)23/h3-6,9-10H,2H2,1H3,(H,24,25)(H,26,27)/t9-,10+,15+,16+/m1/s1. The van der Waals surface area contributed by atoms with Crippen LogP contribution in [0.1, 0.15) is 6.92 Å². The van der Waals surface area contributed by atoms with Crippen molar-refractivity contribution in [2.75, 3.05) is 11.9 Å². The SMILES string of the molecule is CCOc1ccc(NC(=O)[C@H]2[C@@H](C(=O)O)[C@]3(Cl)C(Cl)=C(Cl)[C@]2(Cl)C3(Cl)Cl)cc1. The van der Waals surface area contributed by atoms with Crippen LogP contribution in [0.2, 0.25) is 0 Å². The lowest BCUT2D eigenvalue weighted by Crippen LogP contribution is -2.47. The second kappa shape index (κ2) is 7.29. The van der Waals surface area contributed by atoms with Crippen LogP contribution < -0.4 is 10.1 Å².